The summed E-state index contributed by atoms with van der Waals surface area (Å²) in [5, 5.41) is 10.2. The van der Waals surface area contributed by atoms with Gasteiger partial charge >= 0.3 is 5.97 Å². The van der Waals surface area contributed by atoms with Crippen molar-refractivity contribution >= 4 is 40.6 Å². The lowest BCUT2D eigenvalue weighted by Crippen LogP contribution is -2.34. The van der Waals surface area contributed by atoms with Crippen LogP contribution in [0.15, 0.2) is 53.4 Å². The molecule has 0 saturated carbocycles. The molecule has 0 unspecified atom stereocenters. The number of nitro benzene ring substituents is 1. The van der Waals surface area contributed by atoms with Gasteiger partial charge in [0, 0.05) is 17.7 Å². The first-order valence-corrected chi connectivity index (χ1v) is 10.1. The molecule has 0 aromatic heterocycles. The van der Waals surface area contributed by atoms with Crippen LogP contribution in [0.2, 0.25) is 0 Å². The number of non-ortho nitro benzene ring substituents is 1. The Morgan fingerprint density at radius 3 is 2.55 bits per heavy atom. The molecule has 9 nitrogen and oxygen atoms in total. The van der Waals surface area contributed by atoms with Crippen molar-refractivity contribution in [1.82, 2.24) is 4.90 Å². The summed E-state index contributed by atoms with van der Waals surface area (Å²) in [7, 11) is 0. The maximum absolute atomic E-state index is 12.5. The summed E-state index contributed by atoms with van der Waals surface area (Å²) in [6.07, 6.45) is 1.53. The van der Waals surface area contributed by atoms with E-state index in [0.717, 1.165) is 22.2 Å². The van der Waals surface area contributed by atoms with Gasteiger partial charge in [-0.05, 0) is 48.5 Å². The number of amides is 2. The lowest BCUT2D eigenvalue weighted by Gasteiger charge is -2.11. The van der Waals surface area contributed by atoms with Crippen molar-refractivity contribution in [3.63, 3.8) is 0 Å². The van der Waals surface area contributed by atoms with E-state index in [1.165, 1.54) is 18.2 Å². The molecule has 0 atom stereocenters. The number of imide groups is 1. The molecule has 0 spiro atoms. The second-order valence-corrected chi connectivity index (χ2v) is 7.32. The zero-order valence-electron chi connectivity index (χ0n) is 16.5. The molecule has 1 aliphatic rings. The zero-order valence-corrected chi connectivity index (χ0v) is 17.3. The summed E-state index contributed by atoms with van der Waals surface area (Å²) in [5.41, 5.74) is 1.30. The molecule has 31 heavy (non-hydrogen) atoms. The number of rotatable bonds is 8. The fourth-order valence-corrected chi connectivity index (χ4v) is 3.55. The Morgan fingerprint density at radius 1 is 1.16 bits per heavy atom. The first-order chi connectivity index (χ1) is 14.9. The van der Waals surface area contributed by atoms with Crippen LogP contribution in [0.25, 0.3) is 6.08 Å². The molecule has 0 radical (unpaired) electrons. The highest BCUT2D eigenvalue weighted by molar-refractivity contribution is 8.18. The van der Waals surface area contributed by atoms with E-state index in [1.807, 2.05) is 0 Å². The van der Waals surface area contributed by atoms with Crippen molar-refractivity contribution < 1.29 is 28.8 Å². The number of ether oxygens (including phenoxy) is 2. The Balaban J connectivity index is 1.73. The van der Waals surface area contributed by atoms with Crippen molar-refractivity contribution in [2.45, 2.75) is 13.5 Å². The standard InChI is InChI=1S/C21H18N2O7S/c1-2-29-19(24)12-22-20(25)18(31-21(22)26)11-15-5-3-4-6-17(15)30-13-14-7-9-16(10-8-14)23(27)28/h3-11H,2,12-13H2,1H3. The second-order valence-electron chi connectivity index (χ2n) is 6.32. The zero-order chi connectivity index (χ0) is 22.4. The molecule has 10 heteroatoms. The summed E-state index contributed by atoms with van der Waals surface area (Å²) in [6.45, 7) is 1.52. The van der Waals surface area contributed by atoms with Crippen molar-refractivity contribution in [2.75, 3.05) is 13.2 Å². The lowest BCUT2D eigenvalue weighted by atomic mass is 10.1. The van der Waals surface area contributed by atoms with Gasteiger partial charge in [-0.1, -0.05) is 18.2 Å². The quantitative estimate of drug-likeness (QED) is 0.262. The van der Waals surface area contributed by atoms with Gasteiger partial charge in [0.2, 0.25) is 0 Å². The molecule has 3 rings (SSSR count). The van der Waals surface area contributed by atoms with E-state index in [-0.39, 0.29) is 23.8 Å². The van der Waals surface area contributed by atoms with Crippen LogP contribution in [0.3, 0.4) is 0 Å². The third-order valence-electron chi connectivity index (χ3n) is 4.21. The predicted octanol–water partition coefficient (Wildman–Crippen LogP) is 3.77. The molecule has 2 aromatic carbocycles. The SMILES string of the molecule is CCOC(=O)CN1C(=O)SC(=Cc2ccccc2OCc2ccc([N+](=O)[O-])cc2)C1=O. The highest BCUT2D eigenvalue weighted by Crippen LogP contribution is 2.34. The van der Waals surface area contributed by atoms with Gasteiger partial charge in [-0.15, -0.1) is 0 Å². The molecular weight excluding hydrogens is 424 g/mol. The van der Waals surface area contributed by atoms with E-state index < -0.39 is 28.6 Å². The Labute approximate surface area is 181 Å². The highest BCUT2D eigenvalue weighted by atomic mass is 32.2. The van der Waals surface area contributed by atoms with E-state index in [2.05, 4.69) is 0 Å². The number of hydrogen-bond donors (Lipinski definition) is 0. The van der Waals surface area contributed by atoms with Crippen LogP contribution in [0.5, 0.6) is 5.75 Å². The molecule has 1 aliphatic heterocycles. The Bertz CT molecular complexity index is 1050. The molecule has 1 fully saturated rings. The Hall–Kier alpha value is -3.66. The van der Waals surface area contributed by atoms with Gasteiger partial charge in [0.25, 0.3) is 16.8 Å². The summed E-state index contributed by atoms with van der Waals surface area (Å²) in [4.78, 5) is 47.6. The fourth-order valence-electron chi connectivity index (χ4n) is 2.72. The monoisotopic (exact) mass is 442 g/mol. The number of thioether (sulfide) groups is 1. The van der Waals surface area contributed by atoms with Crippen LogP contribution in [0, 0.1) is 10.1 Å². The summed E-state index contributed by atoms with van der Waals surface area (Å²) in [6, 6.07) is 12.9. The smallest absolute Gasteiger partial charge is 0.326 e. The number of esters is 1. The van der Waals surface area contributed by atoms with E-state index in [0.29, 0.717) is 11.3 Å². The van der Waals surface area contributed by atoms with Crippen LogP contribution >= 0.6 is 11.8 Å². The van der Waals surface area contributed by atoms with Crippen molar-refractivity contribution in [1.29, 1.82) is 0 Å². The molecule has 0 aliphatic carbocycles. The number of carbonyl (C=O) groups excluding carboxylic acids is 3. The number of nitro groups is 1. The van der Waals surface area contributed by atoms with E-state index >= 15 is 0 Å². The maximum atomic E-state index is 12.5. The van der Waals surface area contributed by atoms with Crippen LogP contribution in [-0.2, 0) is 20.9 Å². The maximum Gasteiger partial charge on any atom is 0.326 e. The molecule has 1 heterocycles. The minimum absolute atomic E-state index is 0.0114. The van der Waals surface area contributed by atoms with Crippen LogP contribution < -0.4 is 4.74 Å². The summed E-state index contributed by atoms with van der Waals surface area (Å²) in [5.74, 6) is -0.760. The van der Waals surface area contributed by atoms with Gasteiger partial charge in [0.15, 0.2) is 0 Å². The van der Waals surface area contributed by atoms with E-state index in [9.17, 15) is 24.5 Å². The predicted molar refractivity (Wildman–Crippen MR) is 113 cm³/mol. The largest absolute Gasteiger partial charge is 0.488 e. The van der Waals surface area contributed by atoms with E-state index in [1.54, 1.807) is 43.3 Å². The van der Waals surface area contributed by atoms with Gasteiger partial charge in [-0.3, -0.25) is 29.4 Å². The molecule has 1 saturated heterocycles. The third-order valence-corrected chi connectivity index (χ3v) is 5.12. The summed E-state index contributed by atoms with van der Waals surface area (Å²) < 4.78 is 10.6. The molecule has 2 aromatic rings. The van der Waals surface area contributed by atoms with E-state index in [4.69, 9.17) is 9.47 Å². The van der Waals surface area contributed by atoms with Gasteiger partial charge in [-0.25, -0.2) is 0 Å². The minimum Gasteiger partial charge on any atom is -0.488 e. The van der Waals surface area contributed by atoms with Crippen molar-refractivity contribution in [3.8, 4) is 5.75 Å². The fraction of sp³-hybridized carbons (Fsp3) is 0.190. The molecule has 2 amide bonds. The normalized spacial score (nSPS) is 14.7. The van der Waals surface area contributed by atoms with Crippen LogP contribution in [0.1, 0.15) is 18.1 Å². The highest BCUT2D eigenvalue weighted by Gasteiger charge is 2.36. The van der Waals surface area contributed by atoms with Gasteiger partial charge in [0.05, 0.1) is 16.4 Å². The molecular formula is C21H18N2O7S. The van der Waals surface area contributed by atoms with Crippen molar-refractivity contribution in [3.05, 3.63) is 74.7 Å². The summed E-state index contributed by atoms with van der Waals surface area (Å²) >= 11 is 0.736. The number of hydrogen-bond acceptors (Lipinski definition) is 8. The second kappa shape index (κ2) is 9.90. The Kier molecular flexibility index (Phi) is 7.03. The molecule has 0 bridgehead atoms. The third kappa shape index (κ3) is 5.48. The minimum atomic E-state index is -0.655. The number of carbonyl (C=O) groups is 3. The number of benzene rings is 2. The van der Waals surface area contributed by atoms with Gasteiger partial charge in [-0.2, -0.15) is 0 Å². The molecule has 160 valence electrons. The number of para-hydroxylation sites is 1. The first kappa shape index (κ1) is 22.0. The first-order valence-electron chi connectivity index (χ1n) is 9.25. The van der Waals surface area contributed by atoms with Gasteiger partial charge in [0.1, 0.15) is 18.9 Å². The molecule has 0 N–H and O–H groups in total. The Morgan fingerprint density at radius 2 is 1.87 bits per heavy atom. The average molecular weight is 442 g/mol. The lowest BCUT2D eigenvalue weighted by molar-refractivity contribution is -0.384. The number of nitrogens with zero attached hydrogens (tertiary/aromatic N) is 2. The van der Waals surface area contributed by atoms with Gasteiger partial charge < -0.3 is 9.47 Å². The van der Waals surface area contributed by atoms with Crippen LogP contribution in [0.4, 0.5) is 10.5 Å². The average Bonchev–Trinajstić information content (AvgIpc) is 3.01. The van der Waals surface area contributed by atoms with Crippen LogP contribution in [-0.4, -0.2) is 40.1 Å². The topological polar surface area (TPSA) is 116 Å². The van der Waals surface area contributed by atoms with Crippen molar-refractivity contribution in [2.24, 2.45) is 0 Å².